The Labute approximate surface area is 106 Å². The van der Waals surface area contributed by atoms with Crippen molar-refractivity contribution in [2.45, 2.75) is 50.6 Å². The third kappa shape index (κ3) is 4.03. The molecule has 0 aliphatic carbocycles. The van der Waals surface area contributed by atoms with Crippen molar-refractivity contribution in [3.8, 4) is 0 Å². The van der Waals surface area contributed by atoms with E-state index in [1.165, 1.54) is 11.8 Å². The highest BCUT2D eigenvalue weighted by Gasteiger charge is 2.24. The van der Waals surface area contributed by atoms with Crippen molar-refractivity contribution >= 4 is 17.7 Å². The Kier molecular flexibility index (Phi) is 4.19. The van der Waals surface area contributed by atoms with Crippen LogP contribution in [-0.2, 0) is 16.6 Å². The van der Waals surface area contributed by atoms with Crippen molar-refractivity contribution in [1.82, 2.24) is 14.8 Å². The quantitative estimate of drug-likeness (QED) is 0.612. The summed E-state index contributed by atoms with van der Waals surface area (Å²) in [6.07, 6.45) is 0. The van der Waals surface area contributed by atoms with Gasteiger partial charge in [-0.1, -0.05) is 11.8 Å². The first-order valence-electron chi connectivity index (χ1n) is 5.46. The fourth-order valence-electron chi connectivity index (χ4n) is 1.08. The largest absolute Gasteiger partial charge is 0.459 e. The summed E-state index contributed by atoms with van der Waals surface area (Å²) in [5.41, 5.74) is -0.457. The number of carbonyl (C=O) groups is 1. The lowest BCUT2D eigenvalue weighted by molar-refractivity contribution is -0.153. The molecule has 5 nitrogen and oxygen atoms in total. The summed E-state index contributed by atoms with van der Waals surface area (Å²) < 4.78 is 7.15. The molecule has 0 spiro atoms. The number of thioether (sulfide) groups is 1. The number of rotatable bonds is 3. The van der Waals surface area contributed by atoms with Gasteiger partial charge in [0.15, 0.2) is 5.16 Å². The monoisotopic (exact) mass is 257 g/mol. The minimum absolute atomic E-state index is 0.233. The Balaban J connectivity index is 2.63. The lowest BCUT2D eigenvalue weighted by atomic mass is 10.2. The molecule has 0 saturated carbocycles. The molecule has 0 bridgehead atoms. The van der Waals surface area contributed by atoms with Gasteiger partial charge in [-0.3, -0.25) is 4.79 Å². The first kappa shape index (κ1) is 14.0. The first-order chi connectivity index (χ1) is 7.70. The third-order valence-electron chi connectivity index (χ3n) is 2.07. The maximum absolute atomic E-state index is 11.8. The van der Waals surface area contributed by atoms with E-state index in [0.717, 1.165) is 11.0 Å². The number of hydrogen-bond acceptors (Lipinski definition) is 5. The highest BCUT2D eigenvalue weighted by atomic mass is 32.2. The summed E-state index contributed by atoms with van der Waals surface area (Å²) in [7, 11) is 1.87. The van der Waals surface area contributed by atoms with Crippen LogP contribution in [0.4, 0.5) is 0 Å². The standard InChI is InChI=1S/C11H19N3O2S/c1-7(9(15)16-11(3,4)5)17-10-13-12-8(2)14(10)6/h7H,1-6H3. The van der Waals surface area contributed by atoms with Crippen molar-refractivity contribution in [2.24, 2.45) is 7.05 Å². The topological polar surface area (TPSA) is 57.0 Å². The highest BCUT2D eigenvalue weighted by Crippen LogP contribution is 2.23. The number of aryl methyl sites for hydroxylation is 1. The Bertz CT molecular complexity index is 409. The number of ether oxygens (including phenoxy) is 1. The number of carbonyl (C=O) groups excluding carboxylic acids is 1. The van der Waals surface area contributed by atoms with Crippen LogP contribution in [0.1, 0.15) is 33.5 Å². The zero-order chi connectivity index (χ0) is 13.2. The predicted octanol–water partition coefficient (Wildman–Crippen LogP) is 1.95. The molecule has 6 heteroatoms. The second-order valence-electron chi connectivity index (χ2n) is 4.88. The molecule has 1 unspecified atom stereocenters. The van der Waals surface area contributed by atoms with Crippen LogP contribution >= 0.6 is 11.8 Å². The van der Waals surface area contributed by atoms with E-state index in [1.807, 2.05) is 46.2 Å². The van der Waals surface area contributed by atoms with E-state index < -0.39 is 5.60 Å². The van der Waals surface area contributed by atoms with Crippen molar-refractivity contribution in [3.63, 3.8) is 0 Å². The zero-order valence-corrected chi connectivity index (χ0v) is 12.0. The van der Waals surface area contributed by atoms with E-state index in [1.54, 1.807) is 0 Å². The van der Waals surface area contributed by atoms with E-state index in [-0.39, 0.29) is 11.2 Å². The average molecular weight is 257 g/mol. The molecule has 0 saturated heterocycles. The second-order valence-corrected chi connectivity index (χ2v) is 6.19. The van der Waals surface area contributed by atoms with Gasteiger partial charge in [-0.05, 0) is 34.6 Å². The average Bonchev–Trinajstić information content (AvgIpc) is 2.47. The molecular weight excluding hydrogens is 238 g/mol. The van der Waals surface area contributed by atoms with Crippen molar-refractivity contribution in [1.29, 1.82) is 0 Å². The molecule has 0 aliphatic rings. The van der Waals surface area contributed by atoms with Crippen molar-refractivity contribution in [2.75, 3.05) is 0 Å². The van der Waals surface area contributed by atoms with E-state index in [2.05, 4.69) is 10.2 Å². The van der Waals surface area contributed by atoms with Gasteiger partial charge in [-0.15, -0.1) is 10.2 Å². The van der Waals surface area contributed by atoms with Crippen LogP contribution in [0.2, 0.25) is 0 Å². The van der Waals surface area contributed by atoms with E-state index in [4.69, 9.17) is 4.74 Å². The molecule has 1 heterocycles. The molecule has 1 atom stereocenters. The summed E-state index contributed by atoms with van der Waals surface area (Å²) in [6, 6.07) is 0. The third-order valence-corrected chi connectivity index (χ3v) is 3.19. The summed E-state index contributed by atoms with van der Waals surface area (Å²) >= 11 is 1.35. The lowest BCUT2D eigenvalue weighted by Gasteiger charge is -2.21. The maximum Gasteiger partial charge on any atom is 0.319 e. The molecule has 0 fully saturated rings. The predicted molar refractivity (Wildman–Crippen MR) is 66.9 cm³/mol. The number of aromatic nitrogens is 3. The van der Waals surface area contributed by atoms with Crippen LogP contribution in [0.3, 0.4) is 0 Å². The van der Waals surface area contributed by atoms with E-state index in [0.29, 0.717) is 0 Å². The zero-order valence-electron chi connectivity index (χ0n) is 11.1. The molecule has 0 aliphatic heterocycles. The normalized spacial score (nSPS) is 13.5. The van der Waals surface area contributed by atoms with Gasteiger partial charge in [0, 0.05) is 7.05 Å². The van der Waals surface area contributed by atoms with Gasteiger partial charge in [0.05, 0.1) is 0 Å². The Morgan fingerprint density at radius 2 is 2.00 bits per heavy atom. The molecule has 1 aromatic heterocycles. The Morgan fingerprint density at radius 3 is 2.41 bits per heavy atom. The van der Waals surface area contributed by atoms with Crippen LogP contribution in [0.25, 0.3) is 0 Å². The molecule has 0 aromatic carbocycles. The summed E-state index contributed by atoms with van der Waals surface area (Å²) in [5, 5.41) is 8.37. The van der Waals surface area contributed by atoms with Gasteiger partial charge in [-0.2, -0.15) is 0 Å². The van der Waals surface area contributed by atoms with E-state index >= 15 is 0 Å². The molecule has 1 rings (SSSR count). The van der Waals surface area contributed by atoms with Crippen LogP contribution in [-0.4, -0.2) is 31.6 Å². The minimum atomic E-state index is -0.457. The summed E-state index contributed by atoms with van der Waals surface area (Å²) in [5.74, 6) is 0.590. The molecule has 17 heavy (non-hydrogen) atoms. The van der Waals surface area contributed by atoms with Crippen LogP contribution in [0.15, 0.2) is 5.16 Å². The van der Waals surface area contributed by atoms with Crippen LogP contribution in [0, 0.1) is 6.92 Å². The lowest BCUT2D eigenvalue weighted by Crippen LogP contribution is -2.29. The molecular formula is C11H19N3O2S. The SMILES string of the molecule is Cc1nnc(SC(C)C(=O)OC(C)(C)C)n1C. The smallest absolute Gasteiger partial charge is 0.319 e. The van der Waals surface area contributed by atoms with Gasteiger partial charge in [0.2, 0.25) is 0 Å². The summed E-state index contributed by atoms with van der Waals surface area (Å²) in [6.45, 7) is 9.25. The molecule has 1 aromatic rings. The first-order valence-corrected chi connectivity index (χ1v) is 6.34. The fourth-order valence-corrected chi connectivity index (χ4v) is 1.92. The maximum atomic E-state index is 11.8. The minimum Gasteiger partial charge on any atom is -0.459 e. The molecule has 0 radical (unpaired) electrons. The van der Waals surface area contributed by atoms with Gasteiger partial charge in [0.25, 0.3) is 0 Å². The van der Waals surface area contributed by atoms with Crippen molar-refractivity contribution in [3.05, 3.63) is 5.82 Å². The van der Waals surface area contributed by atoms with E-state index in [9.17, 15) is 4.79 Å². The molecule has 96 valence electrons. The number of nitrogens with zero attached hydrogens (tertiary/aromatic N) is 3. The second kappa shape index (κ2) is 5.08. The van der Waals surface area contributed by atoms with Crippen molar-refractivity contribution < 1.29 is 9.53 Å². The number of hydrogen-bond donors (Lipinski definition) is 0. The van der Waals surface area contributed by atoms with Crippen LogP contribution < -0.4 is 0 Å². The molecule has 0 amide bonds. The number of esters is 1. The highest BCUT2D eigenvalue weighted by molar-refractivity contribution is 8.00. The Hall–Kier alpha value is -1.04. The summed E-state index contributed by atoms with van der Waals surface area (Å²) in [4.78, 5) is 11.8. The fraction of sp³-hybridized carbons (Fsp3) is 0.727. The Morgan fingerprint density at radius 1 is 1.41 bits per heavy atom. The van der Waals surface area contributed by atoms with Gasteiger partial charge in [0.1, 0.15) is 16.7 Å². The van der Waals surface area contributed by atoms with Crippen LogP contribution in [0.5, 0.6) is 0 Å². The van der Waals surface area contributed by atoms with Gasteiger partial charge in [-0.25, -0.2) is 0 Å². The molecule has 0 N–H and O–H groups in total. The van der Waals surface area contributed by atoms with Gasteiger partial charge >= 0.3 is 5.97 Å². The van der Waals surface area contributed by atoms with Gasteiger partial charge < -0.3 is 9.30 Å².